The monoisotopic (exact) mass is 281 g/mol. The second-order valence-electron chi connectivity index (χ2n) is 4.77. The van der Waals surface area contributed by atoms with Crippen LogP contribution in [-0.2, 0) is 13.2 Å². The maximum absolute atomic E-state index is 13.4. The Morgan fingerprint density at radius 3 is 2.75 bits per heavy atom. The highest BCUT2D eigenvalue weighted by Gasteiger charge is 2.10. The van der Waals surface area contributed by atoms with Crippen molar-refractivity contribution in [1.29, 1.82) is 0 Å². The number of benzene rings is 1. The van der Waals surface area contributed by atoms with Gasteiger partial charge in [-0.1, -0.05) is 13.8 Å². The second-order valence-corrected chi connectivity index (χ2v) is 4.77. The molecule has 20 heavy (non-hydrogen) atoms. The van der Waals surface area contributed by atoms with Gasteiger partial charge in [-0.3, -0.25) is 0 Å². The summed E-state index contributed by atoms with van der Waals surface area (Å²) < 4.78 is 36.8. The first-order valence-electron chi connectivity index (χ1n) is 6.42. The van der Waals surface area contributed by atoms with Crippen LogP contribution in [0.5, 0.6) is 5.75 Å². The van der Waals surface area contributed by atoms with Crippen LogP contribution in [-0.4, -0.2) is 6.04 Å². The Labute approximate surface area is 116 Å². The lowest BCUT2D eigenvalue weighted by atomic mass is 10.2. The summed E-state index contributed by atoms with van der Waals surface area (Å²) in [4.78, 5) is 0. The zero-order valence-corrected chi connectivity index (χ0v) is 11.5. The lowest BCUT2D eigenvalue weighted by molar-refractivity contribution is 0.256. The molecule has 0 atom stereocenters. The maximum Gasteiger partial charge on any atom is 0.167 e. The van der Waals surface area contributed by atoms with E-state index in [4.69, 9.17) is 9.15 Å². The first-order chi connectivity index (χ1) is 9.56. The summed E-state index contributed by atoms with van der Waals surface area (Å²) in [6.45, 7) is 4.84. The second kappa shape index (κ2) is 6.52. The van der Waals surface area contributed by atoms with E-state index in [0.717, 1.165) is 17.7 Å². The van der Waals surface area contributed by atoms with E-state index in [-0.39, 0.29) is 12.4 Å². The molecule has 0 aliphatic rings. The van der Waals surface area contributed by atoms with Crippen LogP contribution in [0.25, 0.3) is 0 Å². The average Bonchev–Trinajstić information content (AvgIpc) is 2.83. The molecular weight excluding hydrogens is 264 g/mol. The predicted octanol–water partition coefficient (Wildman–Crippen LogP) is 3.63. The predicted molar refractivity (Wildman–Crippen MR) is 71.4 cm³/mol. The molecule has 1 aromatic heterocycles. The van der Waals surface area contributed by atoms with Crippen LogP contribution >= 0.6 is 0 Å². The highest BCUT2D eigenvalue weighted by Crippen LogP contribution is 2.20. The fourth-order valence-electron chi connectivity index (χ4n) is 1.70. The van der Waals surface area contributed by atoms with Crippen LogP contribution in [0.4, 0.5) is 8.78 Å². The number of hydrogen-bond donors (Lipinski definition) is 1. The standard InChI is InChI=1S/C15H17F2NO2/c1-10(2)18-8-11-5-6-19-15(11)9-20-14-4-3-12(16)7-13(14)17/h3-7,10,18H,8-9H2,1-2H3. The van der Waals surface area contributed by atoms with Gasteiger partial charge in [0.05, 0.1) is 6.26 Å². The molecule has 0 aliphatic carbocycles. The van der Waals surface area contributed by atoms with Crippen molar-refractivity contribution < 1.29 is 17.9 Å². The molecule has 0 radical (unpaired) electrons. The smallest absolute Gasteiger partial charge is 0.167 e. The van der Waals surface area contributed by atoms with Crippen molar-refractivity contribution in [3.8, 4) is 5.75 Å². The van der Waals surface area contributed by atoms with E-state index in [0.29, 0.717) is 18.3 Å². The SMILES string of the molecule is CC(C)NCc1ccoc1COc1ccc(F)cc1F. The molecule has 1 aromatic carbocycles. The van der Waals surface area contributed by atoms with E-state index >= 15 is 0 Å². The van der Waals surface area contributed by atoms with Crippen molar-refractivity contribution in [3.63, 3.8) is 0 Å². The molecular formula is C15H17F2NO2. The summed E-state index contributed by atoms with van der Waals surface area (Å²) in [5.41, 5.74) is 0.959. The fourth-order valence-corrected chi connectivity index (χ4v) is 1.70. The van der Waals surface area contributed by atoms with E-state index in [1.807, 2.05) is 19.9 Å². The topological polar surface area (TPSA) is 34.4 Å². The highest BCUT2D eigenvalue weighted by atomic mass is 19.1. The largest absolute Gasteiger partial charge is 0.483 e. The lowest BCUT2D eigenvalue weighted by Crippen LogP contribution is -2.22. The third-order valence-electron chi connectivity index (χ3n) is 2.79. The Bertz CT molecular complexity index is 567. The average molecular weight is 281 g/mol. The van der Waals surface area contributed by atoms with Crippen molar-refractivity contribution in [1.82, 2.24) is 5.32 Å². The van der Waals surface area contributed by atoms with Gasteiger partial charge in [0.15, 0.2) is 11.6 Å². The number of nitrogens with one attached hydrogen (secondary N) is 1. The molecule has 108 valence electrons. The van der Waals surface area contributed by atoms with E-state index in [1.165, 1.54) is 6.07 Å². The lowest BCUT2D eigenvalue weighted by Gasteiger charge is -2.09. The molecule has 0 aliphatic heterocycles. The van der Waals surface area contributed by atoms with Crippen LogP contribution in [0.15, 0.2) is 34.9 Å². The summed E-state index contributed by atoms with van der Waals surface area (Å²) in [6.07, 6.45) is 1.57. The molecule has 5 heteroatoms. The molecule has 0 bridgehead atoms. The summed E-state index contributed by atoms with van der Waals surface area (Å²) in [5.74, 6) is -0.722. The first kappa shape index (κ1) is 14.5. The van der Waals surface area contributed by atoms with Gasteiger partial charge in [0.2, 0.25) is 0 Å². The molecule has 1 heterocycles. The fraction of sp³-hybridized carbons (Fsp3) is 0.333. The van der Waals surface area contributed by atoms with Gasteiger partial charge < -0.3 is 14.5 Å². The molecule has 0 fully saturated rings. The van der Waals surface area contributed by atoms with Crippen molar-refractivity contribution in [2.45, 2.75) is 33.0 Å². The summed E-state index contributed by atoms with van der Waals surface area (Å²) >= 11 is 0. The third-order valence-corrected chi connectivity index (χ3v) is 2.79. The molecule has 2 aromatic rings. The summed E-state index contributed by atoms with van der Waals surface area (Å²) in [6, 6.07) is 5.41. The number of hydrogen-bond acceptors (Lipinski definition) is 3. The Kier molecular flexibility index (Phi) is 4.74. The van der Waals surface area contributed by atoms with E-state index in [2.05, 4.69) is 5.32 Å². The Balaban J connectivity index is 1.98. The van der Waals surface area contributed by atoms with Gasteiger partial charge in [0, 0.05) is 24.2 Å². The molecule has 0 unspecified atom stereocenters. The Hall–Kier alpha value is -1.88. The van der Waals surface area contributed by atoms with Crippen LogP contribution in [0.3, 0.4) is 0 Å². The van der Waals surface area contributed by atoms with Crippen LogP contribution in [0, 0.1) is 11.6 Å². The summed E-state index contributed by atoms with van der Waals surface area (Å²) in [5, 5.41) is 3.27. The third kappa shape index (κ3) is 3.81. The van der Waals surface area contributed by atoms with Gasteiger partial charge in [0.25, 0.3) is 0 Å². The molecule has 1 N–H and O–H groups in total. The minimum atomic E-state index is -0.724. The number of rotatable bonds is 6. The minimum Gasteiger partial charge on any atom is -0.483 e. The van der Waals surface area contributed by atoms with Crippen molar-refractivity contribution in [3.05, 3.63) is 53.5 Å². The molecule has 0 spiro atoms. The van der Waals surface area contributed by atoms with Gasteiger partial charge in [-0.05, 0) is 18.2 Å². The van der Waals surface area contributed by atoms with Crippen LogP contribution in [0.2, 0.25) is 0 Å². The van der Waals surface area contributed by atoms with Crippen molar-refractivity contribution in [2.24, 2.45) is 0 Å². The van der Waals surface area contributed by atoms with E-state index in [1.54, 1.807) is 6.26 Å². The van der Waals surface area contributed by atoms with E-state index < -0.39 is 11.6 Å². The van der Waals surface area contributed by atoms with Crippen LogP contribution < -0.4 is 10.1 Å². The molecule has 0 saturated heterocycles. The molecule has 0 saturated carbocycles. The van der Waals surface area contributed by atoms with Crippen molar-refractivity contribution in [2.75, 3.05) is 0 Å². The number of halogens is 2. The van der Waals surface area contributed by atoms with Gasteiger partial charge >= 0.3 is 0 Å². The van der Waals surface area contributed by atoms with Gasteiger partial charge in [-0.2, -0.15) is 0 Å². The van der Waals surface area contributed by atoms with Crippen molar-refractivity contribution >= 4 is 0 Å². The van der Waals surface area contributed by atoms with Crippen LogP contribution in [0.1, 0.15) is 25.2 Å². The zero-order valence-electron chi connectivity index (χ0n) is 11.5. The minimum absolute atomic E-state index is 0.00516. The first-order valence-corrected chi connectivity index (χ1v) is 6.42. The molecule has 3 nitrogen and oxygen atoms in total. The number of ether oxygens (including phenoxy) is 1. The maximum atomic E-state index is 13.4. The molecule has 2 rings (SSSR count). The number of furan rings is 1. The highest BCUT2D eigenvalue weighted by molar-refractivity contribution is 5.25. The van der Waals surface area contributed by atoms with E-state index in [9.17, 15) is 8.78 Å². The van der Waals surface area contributed by atoms with Gasteiger partial charge in [-0.25, -0.2) is 8.78 Å². The quantitative estimate of drug-likeness (QED) is 0.878. The zero-order chi connectivity index (χ0) is 14.5. The Morgan fingerprint density at radius 2 is 2.05 bits per heavy atom. The molecule has 0 amide bonds. The van der Waals surface area contributed by atoms with Gasteiger partial charge in [-0.15, -0.1) is 0 Å². The Morgan fingerprint density at radius 1 is 1.25 bits per heavy atom. The van der Waals surface area contributed by atoms with Gasteiger partial charge in [0.1, 0.15) is 18.2 Å². The normalized spacial score (nSPS) is 11.1. The summed E-state index contributed by atoms with van der Waals surface area (Å²) in [7, 11) is 0.